The summed E-state index contributed by atoms with van der Waals surface area (Å²) < 4.78 is 0. The quantitative estimate of drug-likeness (QED) is 0.718. The number of hydrogen-bond acceptors (Lipinski definition) is 4. The maximum Gasteiger partial charge on any atom is 0.325 e. The minimum Gasteiger partial charge on any atom is -0.392 e. The van der Waals surface area contributed by atoms with Crippen LogP contribution in [0.15, 0.2) is 0 Å². The summed E-state index contributed by atoms with van der Waals surface area (Å²) >= 11 is 1.55. The molecule has 0 aromatic heterocycles. The van der Waals surface area contributed by atoms with Crippen LogP contribution in [0.5, 0.6) is 0 Å². The highest BCUT2D eigenvalue weighted by Crippen LogP contribution is 2.19. The number of amides is 3. The van der Waals surface area contributed by atoms with Gasteiger partial charge in [-0.1, -0.05) is 6.92 Å². The number of carbonyl (C=O) groups excluding carboxylic acids is 2. The lowest BCUT2D eigenvalue weighted by molar-refractivity contribution is -0.130. The van der Waals surface area contributed by atoms with E-state index in [0.717, 1.165) is 0 Å². The van der Waals surface area contributed by atoms with E-state index in [9.17, 15) is 14.7 Å². The van der Waals surface area contributed by atoms with E-state index in [1.54, 1.807) is 32.5 Å². The first kappa shape index (κ1) is 14.3. The van der Waals surface area contributed by atoms with Crippen molar-refractivity contribution in [3.63, 3.8) is 0 Å². The van der Waals surface area contributed by atoms with Gasteiger partial charge in [-0.25, -0.2) is 4.79 Å². The molecule has 0 spiro atoms. The van der Waals surface area contributed by atoms with Gasteiger partial charge in [0, 0.05) is 17.5 Å². The third-order valence-electron chi connectivity index (χ3n) is 2.82. The third-order valence-corrected chi connectivity index (χ3v) is 4.16. The van der Waals surface area contributed by atoms with Crippen LogP contribution >= 0.6 is 11.8 Å². The van der Waals surface area contributed by atoms with Crippen LogP contribution < -0.4 is 5.32 Å². The summed E-state index contributed by atoms with van der Waals surface area (Å²) in [6, 6.07) is -0.328. The fraction of sp³-hybridized carbons (Fsp3) is 0.818. The highest BCUT2D eigenvalue weighted by Gasteiger charge is 2.43. The fourth-order valence-electron chi connectivity index (χ4n) is 1.49. The van der Waals surface area contributed by atoms with Crippen LogP contribution in [0.3, 0.4) is 0 Å². The van der Waals surface area contributed by atoms with E-state index < -0.39 is 5.54 Å². The topological polar surface area (TPSA) is 69.6 Å². The van der Waals surface area contributed by atoms with Crippen LogP contribution in [0.4, 0.5) is 4.79 Å². The van der Waals surface area contributed by atoms with E-state index in [2.05, 4.69) is 5.32 Å². The van der Waals surface area contributed by atoms with E-state index >= 15 is 0 Å². The lowest BCUT2D eigenvalue weighted by Crippen LogP contribution is -2.40. The number of urea groups is 1. The van der Waals surface area contributed by atoms with Gasteiger partial charge in [0.15, 0.2) is 0 Å². The minimum atomic E-state index is -0.794. The van der Waals surface area contributed by atoms with E-state index in [4.69, 9.17) is 0 Å². The summed E-state index contributed by atoms with van der Waals surface area (Å²) in [6.45, 7) is 7.42. The molecule has 1 fully saturated rings. The van der Waals surface area contributed by atoms with Crippen molar-refractivity contribution < 1.29 is 14.7 Å². The zero-order chi connectivity index (χ0) is 13.2. The van der Waals surface area contributed by atoms with Gasteiger partial charge >= 0.3 is 6.03 Å². The van der Waals surface area contributed by atoms with Crippen LogP contribution in [0, 0.1) is 0 Å². The lowest BCUT2D eigenvalue weighted by Gasteiger charge is -2.18. The van der Waals surface area contributed by atoms with Crippen molar-refractivity contribution >= 4 is 23.7 Å². The van der Waals surface area contributed by atoms with Gasteiger partial charge < -0.3 is 10.4 Å². The summed E-state index contributed by atoms with van der Waals surface area (Å²) in [7, 11) is 0. The number of nitrogens with one attached hydrogen (secondary N) is 1. The van der Waals surface area contributed by atoms with Gasteiger partial charge in [-0.05, 0) is 20.8 Å². The third kappa shape index (κ3) is 3.35. The zero-order valence-corrected chi connectivity index (χ0v) is 11.5. The number of aliphatic hydroxyl groups excluding tert-OH is 1. The SMILES string of the molecule is CC(O)C(C)SCCN1C(=O)NC(C)(C)C1=O. The molecule has 1 aliphatic heterocycles. The number of imide groups is 1. The molecular weight excluding hydrogens is 240 g/mol. The Bertz CT molecular complexity index is 318. The number of thioether (sulfide) groups is 1. The number of carbonyl (C=O) groups is 2. The summed E-state index contributed by atoms with van der Waals surface area (Å²) in [5.41, 5.74) is -0.794. The molecule has 5 nitrogen and oxygen atoms in total. The molecule has 0 aromatic carbocycles. The van der Waals surface area contributed by atoms with Gasteiger partial charge in [-0.2, -0.15) is 11.8 Å². The molecule has 0 aromatic rings. The Labute approximate surface area is 106 Å². The first-order chi connectivity index (χ1) is 7.75. The highest BCUT2D eigenvalue weighted by atomic mass is 32.2. The van der Waals surface area contributed by atoms with E-state index in [-0.39, 0.29) is 23.3 Å². The van der Waals surface area contributed by atoms with Crippen LogP contribution in [-0.4, -0.2) is 51.1 Å². The zero-order valence-electron chi connectivity index (χ0n) is 10.7. The molecule has 2 N–H and O–H groups in total. The predicted octanol–water partition coefficient (Wildman–Crippen LogP) is 0.819. The molecule has 0 saturated carbocycles. The summed E-state index contributed by atoms with van der Waals surface area (Å²) in [6.07, 6.45) is -0.389. The molecule has 3 amide bonds. The number of hydrogen-bond donors (Lipinski definition) is 2. The molecule has 1 heterocycles. The molecule has 2 atom stereocenters. The Morgan fingerprint density at radius 2 is 2.00 bits per heavy atom. The average molecular weight is 260 g/mol. The Balaban J connectivity index is 2.43. The van der Waals surface area contributed by atoms with Gasteiger partial charge in [0.1, 0.15) is 5.54 Å². The first-order valence-corrected chi connectivity index (χ1v) is 6.74. The Hall–Kier alpha value is -0.750. The number of aliphatic hydroxyl groups is 1. The summed E-state index contributed by atoms with van der Waals surface area (Å²) in [4.78, 5) is 24.6. The fourth-order valence-corrected chi connectivity index (χ4v) is 2.43. The maximum atomic E-state index is 11.8. The van der Waals surface area contributed by atoms with E-state index in [0.29, 0.717) is 12.3 Å². The molecule has 6 heteroatoms. The normalized spacial score (nSPS) is 22.5. The van der Waals surface area contributed by atoms with Crippen molar-refractivity contribution in [3.8, 4) is 0 Å². The van der Waals surface area contributed by atoms with Crippen LogP contribution in [-0.2, 0) is 4.79 Å². The minimum absolute atomic E-state index is 0.101. The maximum absolute atomic E-state index is 11.8. The van der Waals surface area contributed by atoms with Gasteiger partial charge in [0.25, 0.3) is 5.91 Å². The highest BCUT2D eigenvalue weighted by molar-refractivity contribution is 7.99. The largest absolute Gasteiger partial charge is 0.392 e. The van der Waals surface area contributed by atoms with Gasteiger partial charge in [0.05, 0.1) is 6.10 Å². The predicted molar refractivity (Wildman–Crippen MR) is 67.9 cm³/mol. The summed E-state index contributed by atoms with van der Waals surface area (Å²) in [5, 5.41) is 12.1. The average Bonchev–Trinajstić information content (AvgIpc) is 2.39. The molecule has 0 radical (unpaired) electrons. The molecule has 0 bridgehead atoms. The van der Waals surface area contributed by atoms with Crippen molar-refractivity contribution in [2.24, 2.45) is 0 Å². The Morgan fingerprint density at radius 3 is 2.41 bits per heavy atom. The molecule has 1 aliphatic rings. The first-order valence-electron chi connectivity index (χ1n) is 5.69. The molecule has 1 rings (SSSR count). The van der Waals surface area contributed by atoms with Crippen LogP contribution in [0.1, 0.15) is 27.7 Å². The second-order valence-corrected chi connectivity index (χ2v) is 6.31. The van der Waals surface area contributed by atoms with Crippen molar-refractivity contribution in [1.82, 2.24) is 10.2 Å². The molecule has 17 heavy (non-hydrogen) atoms. The van der Waals surface area contributed by atoms with Gasteiger partial charge in [-0.3, -0.25) is 9.69 Å². The molecular formula is C11H20N2O3S. The standard InChI is InChI=1S/C11H20N2O3S/c1-7(14)8(2)17-6-5-13-9(15)11(3,4)12-10(13)16/h7-8,14H,5-6H2,1-4H3,(H,12,16). The van der Waals surface area contributed by atoms with Crippen molar-refractivity contribution in [1.29, 1.82) is 0 Å². The monoisotopic (exact) mass is 260 g/mol. The van der Waals surface area contributed by atoms with E-state index in [1.165, 1.54) is 4.90 Å². The molecule has 98 valence electrons. The van der Waals surface area contributed by atoms with E-state index in [1.807, 2.05) is 6.92 Å². The lowest BCUT2D eigenvalue weighted by atomic mass is 10.1. The number of rotatable bonds is 5. The molecule has 0 aliphatic carbocycles. The molecule has 2 unspecified atom stereocenters. The number of nitrogens with zero attached hydrogens (tertiary/aromatic N) is 1. The van der Waals surface area contributed by atoms with Crippen LogP contribution in [0.2, 0.25) is 0 Å². The van der Waals surface area contributed by atoms with Gasteiger partial charge in [-0.15, -0.1) is 0 Å². The molecule has 1 saturated heterocycles. The Morgan fingerprint density at radius 1 is 1.41 bits per heavy atom. The summed E-state index contributed by atoms with van der Waals surface area (Å²) in [5.74, 6) is 0.453. The smallest absolute Gasteiger partial charge is 0.325 e. The van der Waals surface area contributed by atoms with Crippen LogP contribution in [0.25, 0.3) is 0 Å². The Kier molecular flexibility index (Phi) is 4.43. The van der Waals surface area contributed by atoms with Crippen molar-refractivity contribution in [2.75, 3.05) is 12.3 Å². The second kappa shape index (κ2) is 5.27. The second-order valence-electron chi connectivity index (χ2n) is 4.83. The van der Waals surface area contributed by atoms with Crippen molar-refractivity contribution in [2.45, 2.75) is 44.6 Å². The van der Waals surface area contributed by atoms with Gasteiger partial charge in [0.2, 0.25) is 0 Å². The van der Waals surface area contributed by atoms with Crippen molar-refractivity contribution in [3.05, 3.63) is 0 Å².